The maximum Gasteiger partial charge on any atom is 0.150 e. The second-order valence-electron chi connectivity index (χ2n) is 4.71. The van der Waals surface area contributed by atoms with Gasteiger partial charge in [-0.2, -0.15) is 9.64 Å². The van der Waals surface area contributed by atoms with Gasteiger partial charge in [0.2, 0.25) is 0 Å². The van der Waals surface area contributed by atoms with Crippen LogP contribution in [0, 0.1) is 24.2 Å². The normalized spacial score (nSPS) is 21.7. The van der Waals surface area contributed by atoms with Gasteiger partial charge in [-0.05, 0) is 30.8 Å². The summed E-state index contributed by atoms with van der Waals surface area (Å²) >= 11 is 1.30. The predicted octanol–water partition coefficient (Wildman–Crippen LogP) is 1.19. The van der Waals surface area contributed by atoms with Crippen molar-refractivity contribution in [2.45, 2.75) is 13.3 Å². The lowest BCUT2D eigenvalue weighted by atomic mass is 10.1. The van der Waals surface area contributed by atoms with Crippen molar-refractivity contribution in [1.29, 1.82) is 5.26 Å². The largest absolute Gasteiger partial charge is 0.364 e. The fourth-order valence-electron chi connectivity index (χ4n) is 2.23. The van der Waals surface area contributed by atoms with Crippen molar-refractivity contribution in [1.82, 2.24) is 4.37 Å². The molecule has 1 unspecified atom stereocenters. The molecular formula is C11H15N3O2S2. The summed E-state index contributed by atoms with van der Waals surface area (Å²) in [5.41, 5.74) is 1.34. The Morgan fingerprint density at radius 2 is 2.33 bits per heavy atom. The fourth-order valence-corrected chi connectivity index (χ4v) is 4.90. The lowest BCUT2D eigenvalue weighted by Gasteiger charge is -2.20. The quantitative estimate of drug-likeness (QED) is 0.834. The predicted molar refractivity (Wildman–Crippen MR) is 71.6 cm³/mol. The van der Waals surface area contributed by atoms with Crippen LogP contribution in [0.15, 0.2) is 0 Å². The topological polar surface area (TPSA) is 74.1 Å². The molecule has 1 aromatic rings. The summed E-state index contributed by atoms with van der Waals surface area (Å²) in [6.45, 7) is 2.47. The van der Waals surface area contributed by atoms with Crippen molar-refractivity contribution in [3.8, 4) is 6.07 Å². The van der Waals surface area contributed by atoms with E-state index in [9.17, 15) is 8.42 Å². The minimum atomic E-state index is -2.84. The zero-order chi connectivity index (χ0) is 13.3. The zero-order valence-corrected chi connectivity index (χ0v) is 12.0. The first-order valence-electron chi connectivity index (χ1n) is 5.71. The number of aromatic nitrogens is 1. The molecule has 0 aromatic carbocycles. The summed E-state index contributed by atoms with van der Waals surface area (Å²) in [5.74, 6) is 0.712. The molecule has 0 saturated carbocycles. The summed E-state index contributed by atoms with van der Waals surface area (Å²) in [7, 11) is -0.950. The van der Waals surface area contributed by atoms with E-state index in [2.05, 4.69) is 10.4 Å². The third-order valence-corrected chi connectivity index (χ3v) is 6.05. The lowest BCUT2D eigenvalue weighted by molar-refractivity contribution is 0.582. The number of hydrogen-bond acceptors (Lipinski definition) is 6. The number of hydrogen-bond donors (Lipinski definition) is 0. The summed E-state index contributed by atoms with van der Waals surface area (Å²) in [6.07, 6.45) is 0.715. The van der Waals surface area contributed by atoms with Gasteiger partial charge in [-0.25, -0.2) is 8.42 Å². The lowest BCUT2D eigenvalue weighted by Crippen LogP contribution is -2.26. The molecule has 2 rings (SSSR count). The maximum atomic E-state index is 11.4. The summed E-state index contributed by atoms with van der Waals surface area (Å²) < 4.78 is 27.0. The first kappa shape index (κ1) is 13.3. The van der Waals surface area contributed by atoms with Crippen LogP contribution in [-0.2, 0) is 9.84 Å². The molecule has 0 radical (unpaired) electrons. The van der Waals surface area contributed by atoms with Gasteiger partial charge in [-0.1, -0.05) is 0 Å². The van der Waals surface area contributed by atoms with E-state index < -0.39 is 9.84 Å². The van der Waals surface area contributed by atoms with E-state index in [1.54, 1.807) is 0 Å². The molecule has 1 aliphatic rings. The third kappa shape index (κ3) is 2.65. The van der Waals surface area contributed by atoms with E-state index in [0.29, 0.717) is 24.3 Å². The van der Waals surface area contributed by atoms with E-state index in [0.717, 1.165) is 10.7 Å². The van der Waals surface area contributed by atoms with Crippen LogP contribution in [0.2, 0.25) is 0 Å². The average molecular weight is 285 g/mol. The molecule has 0 aliphatic carbocycles. The monoisotopic (exact) mass is 285 g/mol. The van der Waals surface area contributed by atoms with Gasteiger partial charge < -0.3 is 4.90 Å². The van der Waals surface area contributed by atoms with Gasteiger partial charge in [0.1, 0.15) is 16.6 Å². The molecule has 7 heteroatoms. The maximum absolute atomic E-state index is 11.4. The highest BCUT2D eigenvalue weighted by Gasteiger charge is 2.29. The van der Waals surface area contributed by atoms with Gasteiger partial charge in [0.05, 0.1) is 17.2 Å². The van der Waals surface area contributed by atoms with E-state index in [4.69, 9.17) is 5.26 Å². The molecule has 2 heterocycles. The Labute approximate surface area is 111 Å². The van der Waals surface area contributed by atoms with Crippen LogP contribution in [0.25, 0.3) is 0 Å². The molecule has 0 N–H and O–H groups in total. The van der Waals surface area contributed by atoms with E-state index in [1.165, 1.54) is 11.5 Å². The number of nitrogens with zero attached hydrogens (tertiary/aromatic N) is 3. The van der Waals surface area contributed by atoms with Crippen molar-refractivity contribution < 1.29 is 8.42 Å². The smallest absolute Gasteiger partial charge is 0.150 e. The van der Waals surface area contributed by atoms with Crippen LogP contribution < -0.4 is 4.90 Å². The van der Waals surface area contributed by atoms with Crippen LogP contribution in [0.5, 0.6) is 0 Å². The first-order valence-corrected chi connectivity index (χ1v) is 8.30. The van der Waals surface area contributed by atoms with Crippen LogP contribution in [-0.4, -0.2) is 37.9 Å². The number of nitriles is 1. The molecule has 5 nitrogen and oxygen atoms in total. The number of aryl methyl sites for hydroxylation is 1. The summed E-state index contributed by atoms with van der Waals surface area (Å²) in [5, 5.41) is 9.91. The van der Waals surface area contributed by atoms with Crippen molar-refractivity contribution in [3.05, 3.63) is 11.3 Å². The van der Waals surface area contributed by atoms with Gasteiger partial charge in [-0.15, -0.1) is 0 Å². The SMILES string of the molecule is Cc1nsc(N(C)CC2CCS(=O)(=O)C2)c1C#N. The number of rotatable bonds is 3. The van der Waals surface area contributed by atoms with Crippen molar-refractivity contribution in [3.63, 3.8) is 0 Å². The Kier molecular flexibility index (Phi) is 3.59. The van der Waals surface area contributed by atoms with Crippen molar-refractivity contribution in [2.24, 2.45) is 5.92 Å². The van der Waals surface area contributed by atoms with Crippen LogP contribution in [0.4, 0.5) is 5.00 Å². The molecule has 1 aromatic heterocycles. The third-order valence-electron chi connectivity index (χ3n) is 3.16. The van der Waals surface area contributed by atoms with E-state index in [1.807, 2.05) is 18.9 Å². The molecule has 0 spiro atoms. The van der Waals surface area contributed by atoms with Gasteiger partial charge in [0.15, 0.2) is 9.84 Å². The second kappa shape index (κ2) is 4.86. The van der Waals surface area contributed by atoms with Crippen LogP contribution >= 0.6 is 11.5 Å². The molecule has 1 fully saturated rings. The van der Waals surface area contributed by atoms with E-state index in [-0.39, 0.29) is 11.7 Å². The molecule has 1 atom stereocenters. The molecule has 1 aliphatic heterocycles. The zero-order valence-electron chi connectivity index (χ0n) is 10.4. The second-order valence-corrected chi connectivity index (χ2v) is 7.69. The Hall–Kier alpha value is -1.13. The van der Waals surface area contributed by atoms with Crippen molar-refractivity contribution >= 4 is 26.4 Å². The van der Waals surface area contributed by atoms with Gasteiger partial charge in [0.25, 0.3) is 0 Å². The number of sulfone groups is 1. The van der Waals surface area contributed by atoms with Crippen molar-refractivity contribution in [2.75, 3.05) is 30.0 Å². The molecule has 0 amide bonds. The minimum absolute atomic E-state index is 0.161. The molecule has 18 heavy (non-hydrogen) atoms. The van der Waals surface area contributed by atoms with Gasteiger partial charge in [0, 0.05) is 13.6 Å². The van der Waals surface area contributed by atoms with Crippen LogP contribution in [0.1, 0.15) is 17.7 Å². The molecule has 0 bridgehead atoms. The minimum Gasteiger partial charge on any atom is -0.364 e. The van der Waals surface area contributed by atoms with E-state index >= 15 is 0 Å². The number of anilines is 1. The highest BCUT2D eigenvalue weighted by atomic mass is 32.2. The summed E-state index contributed by atoms with van der Waals surface area (Å²) in [4.78, 5) is 1.95. The first-order chi connectivity index (χ1) is 8.43. The Balaban J connectivity index is 2.09. The van der Waals surface area contributed by atoms with Gasteiger partial charge in [-0.3, -0.25) is 0 Å². The highest BCUT2D eigenvalue weighted by molar-refractivity contribution is 7.91. The Morgan fingerprint density at radius 3 is 2.89 bits per heavy atom. The molecular weight excluding hydrogens is 270 g/mol. The highest BCUT2D eigenvalue weighted by Crippen LogP contribution is 2.29. The average Bonchev–Trinajstić information content (AvgIpc) is 2.81. The Bertz CT molecular complexity index is 586. The fraction of sp³-hybridized carbons (Fsp3) is 0.636. The van der Waals surface area contributed by atoms with Gasteiger partial charge >= 0.3 is 0 Å². The molecule has 98 valence electrons. The molecule has 1 saturated heterocycles. The Morgan fingerprint density at radius 1 is 1.61 bits per heavy atom. The van der Waals surface area contributed by atoms with Crippen LogP contribution in [0.3, 0.4) is 0 Å². The summed E-state index contributed by atoms with van der Waals surface area (Å²) in [6, 6.07) is 2.15. The standard InChI is InChI=1S/C11H15N3O2S2/c1-8-10(5-12)11(17-13-8)14(2)6-9-3-4-18(15,16)7-9/h9H,3-4,6-7H2,1-2H3.